The van der Waals surface area contributed by atoms with Gasteiger partial charge in [-0.1, -0.05) is 36.4 Å². The third-order valence-corrected chi connectivity index (χ3v) is 3.78. The van der Waals surface area contributed by atoms with Crippen LogP contribution in [0.2, 0.25) is 0 Å². The Morgan fingerprint density at radius 2 is 2.10 bits per heavy atom. The Kier molecular flexibility index (Phi) is 4.79. The van der Waals surface area contributed by atoms with Gasteiger partial charge in [0.15, 0.2) is 0 Å². The molecule has 1 atom stereocenters. The van der Waals surface area contributed by atoms with Crippen LogP contribution in [0.5, 0.6) is 0 Å². The Labute approximate surface area is 122 Å². The van der Waals surface area contributed by atoms with E-state index in [-0.39, 0.29) is 11.2 Å². The molecule has 0 aliphatic carbocycles. The number of thioether (sulfide) groups is 1. The van der Waals surface area contributed by atoms with E-state index in [9.17, 15) is 4.79 Å². The number of carbonyl (C=O) groups is 1. The lowest BCUT2D eigenvalue weighted by atomic mass is 10.2. The Balaban J connectivity index is 1.93. The topological polar surface area (TPSA) is 70.7 Å². The van der Waals surface area contributed by atoms with Crippen molar-refractivity contribution >= 4 is 23.4 Å². The molecule has 0 saturated carbocycles. The van der Waals surface area contributed by atoms with Gasteiger partial charge in [-0.05, 0) is 26.0 Å². The smallest absolute Gasteiger partial charge is 0.237 e. The van der Waals surface area contributed by atoms with Crippen molar-refractivity contribution in [2.45, 2.75) is 37.6 Å². The number of aryl methyl sites for hydroxylation is 2. The molecule has 0 bridgehead atoms. The zero-order valence-corrected chi connectivity index (χ0v) is 12.6. The number of aromatic amines is 1. The first-order valence-electron chi connectivity index (χ1n) is 6.54. The number of nitrogens with zero attached hydrogens (tertiary/aromatic N) is 2. The SMILES string of the molecule is CCc1nc(S[C@H](C)C(=O)Nc2ccc(C)cc2)n[nH]1. The molecular weight excluding hydrogens is 272 g/mol. The van der Waals surface area contributed by atoms with Gasteiger partial charge >= 0.3 is 0 Å². The second kappa shape index (κ2) is 6.56. The Morgan fingerprint density at radius 1 is 1.40 bits per heavy atom. The van der Waals surface area contributed by atoms with Crippen LogP contribution in [-0.2, 0) is 11.2 Å². The van der Waals surface area contributed by atoms with E-state index in [2.05, 4.69) is 20.5 Å². The van der Waals surface area contributed by atoms with E-state index >= 15 is 0 Å². The minimum Gasteiger partial charge on any atom is -0.325 e. The second-order valence-electron chi connectivity index (χ2n) is 4.53. The number of hydrogen-bond donors (Lipinski definition) is 2. The summed E-state index contributed by atoms with van der Waals surface area (Å²) in [6, 6.07) is 7.73. The maximum absolute atomic E-state index is 12.1. The lowest BCUT2D eigenvalue weighted by Crippen LogP contribution is -2.22. The lowest BCUT2D eigenvalue weighted by Gasteiger charge is -2.10. The molecule has 2 aromatic rings. The van der Waals surface area contributed by atoms with Crippen LogP contribution in [0, 0.1) is 6.92 Å². The van der Waals surface area contributed by atoms with Crippen LogP contribution in [0.15, 0.2) is 29.4 Å². The predicted octanol–water partition coefficient (Wildman–Crippen LogP) is 2.79. The molecular formula is C14H18N4OS. The molecule has 20 heavy (non-hydrogen) atoms. The average Bonchev–Trinajstić information content (AvgIpc) is 2.89. The first-order valence-corrected chi connectivity index (χ1v) is 7.42. The first kappa shape index (κ1) is 14.6. The summed E-state index contributed by atoms with van der Waals surface area (Å²) >= 11 is 1.34. The minimum atomic E-state index is -0.253. The molecule has 0 aliphatic rings. The zero-order chi connectivity index (χ0) is 14.5. The zero-order valence-electron chi connectivity index (χ0n) is 11.8. The van der Waals surface area contributed by atoms with E-state index in [1.54, 1.807) is 0 Å². The molecule has 1 heterocycles. The fourth-order valence-electron chi connectivity index (χ4n) is 1.58. The highest BCUT2D eigenvalue weighted by atomic mass is 32.2. The van der Waals surface area contributed by atoms with E-state index < -0.39 is 0 Å². The quantitative estimate of drug-likeness (QED) is 0.831. The second-order valence-corrected chi connectivity index (χ2v) is 5.84. The number of hydrogen-bond acceptors (Lipinski definition) is 4. The summed E-state index contributed by atoms with van der Waals surface area (Å²) in [7, 11) is 0. The van der Waals surface area contributed by atoms with Crippen LogP contribution in [0.25, 0.3) is 0 Å². The van der Waals surface area contributed by atoms with Gasteiger partial charge in [0, 0.05) is 12.1 Å². The third-order valence-electron chi connectivity index (χ3n) is 2.82. The van der Waals surface area contributed by atoms with Gasteiger partial charge in [0.1, 0.15) is 5.82 Å². The lowest BCUT2D eigenvalue weighted by molar-refractivity contribution is -0.115. The van der Waals surface area contributed by atoms with Crippen molar-refractivity contribution in [1.29, 1.82) is 0 Å². The van der Waals surface area contributed by atoms with Crippen molar-refractivity contribution in [3.8, 4) is 0 Å². The van der Waals surface area contributed by atoms with Crippen LogP contribution in [-0.4, -0.2) is 26.3 Å². The monoisotopic (exact) mass is 290 g/mol. The molecule has 0 saturated heterocycles. The largest absolute Gasteiger partial charge is 0.325 e. The summed E-state index contributed by atoms with van der Waals surface area (Å²) < 4.78 is 0. The van der Waals surface area contributed by atoms with Crippen molar-refractivity contribution in [3.63, 3.8) is 0 Å². The highest BCUT2D eigenvalue weighted by Gasteiger charge is 2.17. The van der Waals surface area contributed by atoms with E-state index in [1.165, 1.54) is 17.3 Å². The van der Waals surface area contributed by atoms with E-state index in [4.69, 9.17) is 0 Å². The Morgan fingerprint density at radius 3 is 2.70 bits per heavy atom. The normalized spacial score (nSPS) is 12.2. The Hall–Kier alpha value is -1.82. The average molecular weight is 290 g/mol. The Bertz CT molecular complexity index is 579. The van der Waals surface area contributed by atoms with Gasteiger partial charge in [-0.25, -0.2) is 4.98 Å². The summed E-state index contributed by atoms with van der Waals surface area (Å²) in [6.45, 7) is 5.86. The highest BCUT2D eigenvalue weighted by Crippen LogP contribution is 2.20. The number of carbonyl (C=O) groups excluding carboxylic acids is 1. The molecule has 0 spiro atoms. The van der Waals surface area contributed by atoms with Crippen LogP contribution in [0.3, 0.4) is 0 Å². The van der Waals surface area contributed by atoms with Crippen molar-refractivity contribution in [2.24, 2.45) is 0 Å². The summed E-state index contributed by atoms with van der Waals surface area (Å²) in [5.74, 6) is 0.778. The van der Waals surface area contributed by atoms with Gasteiger partial charge in [-0.3, -0.25) is 9.89 Å². The summed E-state index contributed by atoms with van der Waals surface area (Å²) in [6.07, 6.45) is 0.803. The highest BCUT2D eigenvalue weighted by molar-refractivity contribution is 8.00. The van der Waals surface area contributed by atoms with E-state index in [0.29, 0.717) is 5.16 Å². The molecule has 2 rings (SSSR count). The van der Waals surface area contributed by atoms with E-state index in [0.717, 1.165) is 17.9 Å². The summed E-state index contributed by atoms with van der Waals surface area (Å²) in [4.78, 5) is 16.4. The summed E-state index contributed by atoms with van der Waals surface area (Å²) in [5.41, 5.74) is 1.97. The fraction of sp³-hybridized carbons (Fsp3) is 0.357. The number of anilines is 1. The molecule has 1 aromatic heterocycles. The van der Waals surface area contributed by atoms with Gasteiger partial charge < -0.3 is 5.32 Å². The van der Waals surface area contributed by atoms with Crippen LogP contribution in [0.4, 0.5) is 5.69 Å². The van der Waals surface area contributed by atoms with Gasteiger partial charge in [0.05, 0.1) is 5.25 Å². The van der Waals surface area contributed by atoms with E-state index in [1.807, 2.05) is 45.0 Å². The number of nitrogens with one attached hydrogen (secondary N) is 2. The van der Waals surface area contributed by atoms with Crippen molar-refractivity contribution in [1.82, 2.24) is 15.2 Å². The van der Waals surface area contributed by atoms with Gasteiger partial charge in [0.2, 0.25) is 11.1 Å². The molecule has 0 aliphatic heterocycles. The predicted molar refractivity (Wildman–Crippen MR) is 80.9 cm³/mol. The van der Waals surface area contributed by atoms with Crippen LogP contribution in [0.1, 0.15) is 25.2 Å². The molecule has 106 valence electrons. The molecule has 0 unspecified atom stereocenters. The van der Waals surface area contributed by atoms with Crippen LogP contribution >= 0.6 is 11.8 Å². The number of aromatic nitrogens is 3. The molecule has 1 amide bonds. The number of H-pyrrole nitrogens is 1. The fourth-order valence-corrected chi connectivity index (χ4v) is 2.32. The van der Waals surface area contributed by atoms with Crippen molar-refractivity contribution in [3.05, 3.63) is 35.7 Å². The number of benzene rings is 1. The maximum Gasteiger partial charge on any atom is 0.237 e. The minimum absolute atomic E-state index is 0.0540. The maximum atomic E-state index is 12.1. The molecule has 0 radical (unpaired) electrons. The number of rotatable bonds is 5. The molecule has 1 aromatic carbocycles. The van der Waals surface area contributed by atoms with Crippen molar-refractivity contribution in [2.75, 3.05) is 5.32 Å². The van der Waals surface area contributed by atoms with Crippen molar-refractivity contribution < 1.29 is 4.79 Å². The standard InChI is InChI=1S/C14H18N4OS/c1-4-12-16-14(18-17-12)20-10(3)13(19)15-11-7-5-9(2)6-8-11/h5-8,10H,4H2,1-3H3,(H,15,19)(H,16,17,18)/t10-/m1/s1. The number of amides is 1. The molecule has 6 heteroatoms. The summed E-state index contributed by atoms with van der Waals surface area (Å²) in [5, 5.41) is 10.2. The molecule has 2 N–H and O–H groups in total. The van der Waals surface area contributed by atoms with Gasteiger partial charge in [-0.15, -0.1) is 5.10 Å². The van der Waals surface area contributed by atoms with Gasteiger partial charge in [-0.2, -0.15) is 0 Å². The first-order chi connectivity index (χ1) is 9.58. The van der Waals surface area contributed by atoms with Gasteiger partial charge in [0.25, 0.3) is 0 Å². The molecule has 5 nitrogen and oxygen atoms in total. The van der Waals surface area contributed by atoms with Crippen LogP contribution < -0.4 is 5.32 Å². The third kappa shape index (κ3) is 3.84. The molecule has 0 fully saturated rings.